The Morgan fingerprint density at radius 3 is 2.62 bits per heavy atom. The Labute approximate surface area is 140 Å². The van der Waals surface area contributed by atoms with Crippen LogP contribution in [-0.4, -0.2) is 17.2 Å². The number of nitrogens with one attached hydrogen (secondary N) is 1. The lowest BCUT2D eigenvalue weighted by Crippen LogP contribution is -2.05. The van der Waals surface area contributed by atoms with E-state index < -0.39 is 0 Å². The molecule has 2 rings (SSSR count). The molecule has 1 aromatic carbocycles. The topological polar surface area (TPSA) is 60.2 Å². The van der Waals surface area contributed by atoms with Gasteiger partial charge in [0.15, 0.2) is 12.4 Å². The van der Waals surface area contributed by atoms with Crippen molar-refractivity contribution in [3.8, 4) is 5.75 Å². The Kier molecular flexibility index (Phi) is 6.20. The molecule has 21 heavy (non-hydrogen) atoms. The van der Waals surface area contributed by atoms with Crippen molar-refractivity contribution >= 4 is 31.9 Å². The maximum Gasteiger partial charge on any atom is 0.264 e. The van der Waals surface area contributed by atoms with Gasteiger partial charge in [-0.05, 0) is 63.0 Å². The van der Waals surface area contributed by atoms with Crippen LogP contribution in [0.2, 0.25) is 0 Å². The Morgan fingerprint density at radius 2 is 2.00 bits per heavy atom. The lowest BCUT2D eigenvalue weighted by molar-refractivity contribution is 0.240. The first-order valence-corrected chi connectivity index (χ1v) is 8.29. The number of hydrogen-bond donors (Lipinski definition) is 1. The first-order valence-electron chi connectivity index (χ1n) is 6.70. The summed E-state index contributed by atoms with van der Waals surface area (Å²) in [5.74, 6) is 1.93. The molecule has 0 unspecified atom stereocenters. The fourth-order valence-electron chi connectivity index (χ4n) is 1.86. The molecule has 0 aliphatic carbocycles. The molecule has 0 spiro atoms. The molecular formula is C14H17Br2N3O2. The first-order chi connectivity index (χ1) is 10.1. The minimum absolute atomic E-state index is 0.249. The fourth-order valence-corrected chi connectivity index (χ4v) is 3.37. The van der Waals surface area contributed by atoms with Gasteiger partial charge in [-0.15, -0.1) is 0 Å². The van der Waals surface area contributed by atoms with Gasteiger partial charge in [0.1, 0.15) is 5.75 Å². The molecule has 0 bridgehead atoms. The second-order valence-corrected chi connectivity index (χ2v) is 6.27. The summed E-state index contributed by atoms with van der Waals surface area (Å²) in [4.78, 5) is 4.28. The van der Waals surface area contributed by atoms with Gasteiger partial charge in [0.25, 0.3) is 5.89 Å². The van der Waals surface area contributed by atoms with Crippen LogP contribution in [0.5, 0.6) is 5.75 Å². The van der Waals surface area contributed by atoms with Crippen molar-refractivity contribution in [1.82, 2.24) is 15.5 Å². The third-order valence-electron chi connectivity index (χ3n) is 2.76. The number of hydrogen-bond acceptors (Lipinski definition) is 5. The lowest BCUT2D eigenvalue weighted by atomic mass is 10.2. The summed E-state index contributed by atoms with van der Waals surface area (Å²) in [5, 5.41) is 7.02. The van der Waals surface area contributed by atoms with Gasteiger partial charge in [-0.1, -0.05) is 12.1 Å². The molecule has 0 saturated carbocycles. The van der Waals surface area contributed by atoms with Crippen molar-refractivity contribution in [2.75, 3.05) is 7.05 Å². The molecule has 0 atom stereocenters. The average Bonchev–Trinajstić information content (AvgIpc) is 2.86. The zero-order chi connectivity index (χ0) is 15.2. The van der Waals surface area contributed by atoms with Gasteiger partial charge in [-0.3, -0.25) is 0 Å². The highest BCUT2D eigenvalue weighted by atomic mass is 79.9. The molecular weight excluding hydrogens is 402 g/mol. The molecule has 5 nitrogen and oxygen atoms in total. The number of rotatable bonds is 7. The summed E-state index contributed by atoms with van der Waals surface area (Å²) >= 11 is 7.04. The highest BCUT2D eigenvalue weighted by molar-refractivity contribution is 9.11. The Morgan fingerprint density at radius 1 is 1.29 bits per heavy atom. The van der Waals surface area contributed by atoms with E-state index in [0.29, 0.717) is 5.89 Å². The predicted molar refractivity (Wildman–Crippen MR) is 87.2 cm³/mol. The summed E-state index contributed by atoms with van der Waals surface area (Å²) in [7, 11) is 1.91. The van der Waals surface area contributed by atoms with E-state index in [0.717, 1.165) is 45.5 Å². The van der Waals surface area contributed by atoms with Crippen LogP contribution in [0, 0.1) is 0 Å². The normalized spacial score (nSPS) is 10.9. The van der Waals surface area contributed by atoms with E-state index in [1.807, 2.05) is 19.2 Å². The quantitative estimate of drug-likeness (QED) is 0.739. The van der Waals surface area contributed by atoms with Crippen LogP contribution in [0.3, 0.4) is 0 Å². The number of benzene rings is 1. The minimum Gasteiger partial charge on any atom is -0.481 e. The number of ether oxygens (including phenoxy) is 1. The van der Waals surface area contributed by atoms with Crippen molar-refractivity contribution in [3.63, 3.8) is 0 Å². The lowest BCUT2D eigenvalue weighted by Gasteiger charge is -2.10. The maximum atomic E-state index is 5.77. The molecule has 0 radical (unpaired) electrons. The van der Waals surface area contributed by atoms with Crippen LogP contribution < -0.4 is 10.1 Å². The van der Waals surface area contributed by atoms with Gasteiger partial charge in [0.2, 0.25) is 0 Å². The molecule has 7 heteroatoms. The predicted octanol–water partition coefficient (Wildman–Crippen LogP) is 3.85. The highest BCUT2D eigenvalue weighted by Gasteiger charge is 2.12. The maximum absolute atomic E-state index is 5.77. The second kappa shape index (κ2) is 7.91. The van der Waals surface area contributed by atoms with Gasteiger partial charge < -0.3 is 14.6 Å². The molecule has 0 fully saturated rings. The molecule has 2 aromatic rings. The molecule has 0 saturated heterocycles. The molecule has 1 aromatic heterocycles. The van der Waals surface area contributed by atoms with Crippen molar-refractivity contribution < 1.29 is 9.26 Å². The van der Waals surface area contributed by atoms with Crippen LogP contribution in [-0.2, 0) is 19.6 Å². The average molecular weight is 419 g/mol. The standard InChI is InChI=1S/C14H17Br2N3O2/c1-3-4-12-18-13(21-19-12)8-20-14-10(15)5-9(7-17-2)6-11(14)16/h5-6,17H,3-4,7-8H2,1-2H3. The summed E-state index contributed by atoms with van der Waals surface area (Å²) < 4.78 is 12.7. The molecule has 1 heterocycles. The van der Waals surface area contributed by atoms with Crippen LogP contribution in [0.4, 0.5) is 0 Å². The van der Waals surface area contributed by atoms with Gasteiger partial charge in [0.05, 0.1) is 8.95 Å². The van der Waals surface area contributed by atoms with E-state index in [1.165, 1.54) is 0 Å². The molecule has 1 N–H and O–H groups in total. The van der Waals surface area contributed by atoms with Crippen LogP contribution in [0.25, 0.3) is 0 Å². The highest BCUT2D eigenvalue weighted by Crippen LogP contribution is 2.35. The number of aromatic nitrogens is 2. The zero-order valence-corrected chi connectivity index (χ0v) is 15.1. The van der Waals surface area contributed by atoms with E-state index in [4.69, 9.17) is 9.26 Å². The largest absolute Gasteiger partial charge is 0.481 e. The van der Waals surface area contributed by atoms with Crippen LogP contribution in [0.1, 0.15) is 30.6 Å². The van der Waals surface area contributed by atoms with Crippen molar-refractivity contribution in [1.29, 1.82) is 0 Å². The van der Waals surface area contributed by atoms with E-state index in [1.54, 1.807) is 0 Å². The van der Waals surface area contributed by atoms with E-state index in [9.17, 15) is 0 Å². The second-order valence-electron chi connectivity index (χ2n) is 4.56. The number of aryl methyl sites for hydroxylation is 1. The van der Waals surface area contributed by atoms with Gasteiger partial charge in [-0.25, -0.2) is 0 Å². The van der Waals surface area contributed by atoms with Crippen molar-refractivity contribution in [2.45, 2.75) is 32.9 Å². The third-order valence-corrected chi connectivity index (χ3v) is 3.94. The summed E-state index contributed by atoms with van der Waals surface area (Å²) in [5.41, 5.74) is 1.16. The molecule has 0 amide bonds. The van der Waals surface area contributed by atoms with Gasteiger partial charge in [-0.2, -0.15) is 4.98 Å². The van der Waals surface area contributed by atoms with Crippen LogP contribution in [0.15, 0.2) is 25.6 Å². The molecule has 114 valence electrons. The fraction of sp³-hybridized carbons (Fsp3) is 0.429. The first kappa shape index (κ1) is 16.5. The molecule has 0 aliphatic heterocycles. The number of halogens is 2. The monoisotopic (exact) mass is 417 g/mol. The minimum atomic E-state index is 0.249. The van der Waals surface area contributed by atoms with Gasteiger partial charge >= 0.3 is 0 Å². The van der Waals surface area contributed by atoms with E-state index >= 15 is 0 Å². The third kappa shape index (κ3) is 4.52. The SMILES string of the molecule is CCCc1noc(COc2c(Br)cc(CNC)cc2Br)n1. The summed E-state index contributed by atoms with van der Waals surface area (Å²) in [6.45, 7) is 3.12. The Balaban J connectivity index is 2.05. The van der Waals surface area contributed by atoms with Crippen molar-refractivity contribution in [2.24, 2.45) is 0 Å². The summed E-state index contributed by atoms with van der Waals surface area (Å²) in [6, 6.07) is 4.04. The zero-order valence-electron chi connectivity index (χ0n) is 11.9. The molecule has 0 aliphatic rings. The van der Waals surface area contributed by atoms with Gasteiger partial charge in [0, 0.05) is 13.0 Å². The van der Waals surface area contributed by atoms with E-state index in [-0.39, 0.29) is 6.61 Å². The Bertz CT molecular complexity index is 579. The smallest absolute Gasteiger partial charge is 0.264 e. The summed E-state index contributed by atoms with van der Waals surface area (Å²) in [6.07, 6.45) is 1.81. The van der Waals surface area contributed by atoms with E-state index in [2.05, 4.69) is 54.2 Å². The number of nitrogens with zero attached hydrogens (tertiary/aromatic N) is 2. The van der Waals surface area contributed by atoms with Crippen LogP contribution >= 0.6 is 31.9 Å². The van der Waals surface area contributed by atoms with Crippen molar-refractivity contribution in [3.05, 3.63) is 38.4 Å². The Hall–Kier alpha value is -0.920.